The van der Waals surface area contributed by atoms with Gasteiger partial charge in [-0.1, -0.05) is 0 Å². The molecule has 3 aliphatic rings. The van der Waals surface area contributed by atoms with Crippen molar-refractivity contribution in [1.82, 2.24) is 15.5 Å². The molecule has 1 aliphatic carbocycles. The summed E-state index contributed by atoms with van der Waals surface area (Å²) < 4.78 is 0. The molecule has 0 aromatic heterocycles. The topological polar surface area (TPSA) is 61.4 Å². The van der Waals surface area contributed by atoms with E-state index in [0.717, 1.165) is 19.4 Å². The first-order chi connectivity index (χ1) is 8.22. The van der Waals surface area contributed by atoms with Crippen LogP contribution in [-0.2, 0) is 9.59 Å². The molecule has 2 saturated heterocycles. The van der Waals surface area contributed by atoms with Crippen molar-refractivity contribution in [3.8, 4) is 0 Å². The van der Waals surface area contributed by atoms with Crippen molar-refractivity contribution in [3.63, 3.8) is 0 Å². The zero-order valence-electron chi connectivity index (χ0n) is 9.95. The van der Waals surface area contributed by atoms with Crippen molar-refractivity contribution in [2.75, 3.05) is 13.1 Å². The van der Waals surface area contributed by atoms with Gasteiger partial charge < -0.3 is 15.5 Å². The quantitative estimate of drug-likeness (QED) is 0.700. The smallest absolute Gasteiger partial charge is 0.239 e. The molecule has 94 valence electrons. The average Bonchev–Trinajstić information content (AvgIpc) is 2.94. The number of nitrogens with zero attached hydrogens (tertiary/aromatic N) is 1. The van der Waals surface area contributed by atoms with E-state index >= 15 is 0 Å². The lowest BCUT2D eigenvalue weighted by Gasteiger charge is -2.21. The molecule has 0 bridgehead atoms. The molecule has 17 heavy (non-hydrogen) atoms. The molecule has 3 fully saturated rings. The molecule has 3 rings (SSSR count). The summed E-state index contributed by atoms with van der Waals surface area (Å²) in [5, 5.41) is 6.30. The van der Waals surface area contributed by atoms with Crippen LogP contribution in [0.1, 0.15) is 32.1 Å². The van der Waals surface area contributed by atoms with Gasteiger partial charge >= 0.3 is 0 Å². The van der Waals surface area contributed by atoms with Crippen LogP contribution in [0, 0.1) is 0 Å². The summed E-state index contributed by atoms with van der Waals surface area (Å²) in [6.45, 7) is 1.52. The van der Waals surface area contributed by atoms with Crippen molar-refractivity contribution in [1.29, 1.82) is 0 Å². The maximum absolute atomic E-state index is 12.1. The maximum atomic E-state index is 12.1. The second kappa shape index (κ2) is 4.29. The van der Waals surface area contributed by atoms with Gasteiger partial charge in [0.2, 0.25) is 11.8 Å². The normalized spacial score (nSPS) is 33.3. The lowest BCUT2D eigenvalue weighted by Crippen LogP contribution is -2.43. The summed E-state index contributed by atoms with van der Waals surface area (Å²) >= 11 is 0. The minimum atomic E-state index is 0.0274. The van der Waals surface area contributed by atoms with Crippen LogP contribution in [0.4, 0.5) is 0 Å². The number of likely N-dealkylation sites (tertiary alicyclic amines) is 1. The molecule has 2 heterocycles. The van der Waals surface area contributed by atoms with Crippen LogP contribution < -0.4 is 10.6 Å². The Hall–Kier alpha value is -1.10. The molecule has 2 unspecified atom stereocenters. The molecule has 0 spiro atoms. The van der Waals surface area contributed by atoms with Gasteiger partial charge in [-0.05, 0) is 25.7 Å². The van der Waals surface area contributed by atoms with Crippen LogP contribution in [0.2, 0.25) is 0 Å². The molecule has 2 amide bonds. The largest absolute Gasteiger partial charge is 0.352 e. The third-order valence-electron chi connectivity index (χ3n) is 3.84. The van der Waals surface area contributed by atoms with Crippen LogP contribution >= 0.6 is 0 Å². The van der Waals surface area contributed by atoms with E-state index < -0.39 is 0 Å². The Morgan fingerprint density at radius 2 is 2.06 bits per heavy atom. The number of carbonyl (C=O) groups excluding carboxylic acids is 2. The average molecular weight is 237 g/mol. The lowest BCUT2D eigenvalue weighted by atomic mass is 10.2. The highest BCUT2D eigenvalue weighted by Gasteiger charge is 2.37. The first kappa shape index (κ1) is 11.0. The highest BCUT2D eigenvalue weighted by atomic mass is 16.2. The molecule has 5 heteroatoms. The minimum Gasteiger partial charge on any atom is -0.352 e. The fourth-order valence-corrected chi connectivity index (χ4v) is 2.69. The van der Waals surface area contributed by atoms with Crippen molar-refractivity contribution >= 4 is 11.8 Å². The van der Waals surface area contributed by atoms with Crippen LogP contribution in [0.25, 0.3) is 0 Å². The highest BCUT2D eigenvalue weighted by Crippen LogP contribution is 2.23. The predicted molar refractivity (Wildman–Crippen MR) is 62.3 cm³/mol. The predicted octanol–water partition coefficient (Wildman–Crippen LogP) is -0.382. The zero-order chi connectivity index (χ0) is 11.8. The molecule has 1 saturated carbocycles. The fraction of sp³-hybridized carbons (Fsp3) is 0.833. The van der Waals surface area contributed by atoms with E-state index in [-0.39, 0.29) is 23.9 Å². The number of carbonyl (C=O) groups is 2. The van der Waals surface area contributed by atoms with Crippen LogP contribution in [0.15, 0.2) is 0 Å². The van der Waals surface area contributed by atoms with Gasteiger partial charge in [0.15, 0.2) is 0 Å². The van der Waals surface area contributed by atoms with Gasteiger partial charge in [-0.25, -0.2) is 0 Å². The second-order valence-corrected chi connectivity index (χ2v) is 5.37. The summed E-state index contributed by atoms with van der Waals surface area (Å²) in [6, 6.07) is 0.779. The SMILES string of the molecule is O=C1CCC(CN2CCC(NC3CC3)C2=O)N1. The Bertz CT molecular complexity index is 341. The fourth-order valence-electron chi connectivity index (χ4n) is 2.69. The van der Waals surface area contributed by atoms with Gasteiger partial charge in [0, 0.05) is 31.6 Å². The van der Waals surface area contributed by atoms with Gasteiger partial charge in [-0.15, -0.1) is 0 Å². The molecular formula is C12H19N3O2. The van der Waals surface area contributed by atoms with Crippen molar-refractivity contribution in [2.45, 2.75) is 50.2 Å². The van der Waals surface area contributed by atoms with Gasteiger partial charge in [0.1, 0.15) is 0 Å². The maximum Gasteiger partial charge on any atom is 0.239 e. The Kier molecular flexibility index (Phi) is 2.78. The molecule has 0 radical (unpaired) electrons. The van der Waals surface area contributed by atoms with E-state index in [9.17, 15) is 9.59 Å². The van der Waals surface area contributed by atoms with E-state index in [1.807, 2.05) is 4.90 Å². The van der Waals surface area contributed by atoms with Crippen LogP contribution in [0.5, 0.6) is 0 Å². The van der Waals surface area contributed by atoms with E-state index in [2.05, 4.69) is 10.6 Å². The first-order valence-corrected chi connectivity index (χ1v) is 6.56. The van der Waals surface area contributed by atoms with Gasteiger partial charge in [0.05, 0.1) is 6.04 Å². The van der Waals surface area contributed by atoms with Crippen LogP contribution in [0.3, 0.4) is 0 Å². The summed E-state index contributed by atoms with van der Waals surface area (Å²) in [6.07, 6.45) is 4.81. The second-order valence-electron chi connectivity index (χ2n) is 5.37. The molecule has 2 atom stereocenters. The Morgan fingerprint density at radius 3 is 2.71 bits per heavy atom. The summed E-state index contributed by atoms with van der Waals surface area (Å²) in [5.74, 6) is 0.340. The molecule has 2 N–H and O–H groups in total. The van der Waals surface area contributed by atoms with E-state index in [4.69, 9.17) is 0 Å². The highest BCUT2D eigenvalue weighted by molar-refractivity contribution is 5.84. The number of hydrogen-bond acceptors (Lipinski definition) is 3. The first-order valence-electron chi connectivity index (χ1n) is 6.56. The molecule has 0 aromatic carbocycles. The minimum absolute atomic E-state index is 0.0274. The summed E-state index contributed by atoms with van der Waals surface area (Å²) in [7, 11) is 0. The summed E-state index contributed by atoms with van der Waals surface area (Å²) in [5.41, 5.74) is 0. The molecule has 5 nitrogen and oxygen atoms in total. The number of hydrogen-bond donors (Lipinski definition) is 2. The Morgan fingerprint density at radius 1 is 1.24 bits per heavy atom. The van der Waals surface area contributed by atoms with E-state index in [1.54, 1.807) is 0 Å². The number of rotatable bonds is 4. The number of nitrogens with one attached hydrogen (secondary N) is 2. The van der Waals surface area contributed by atoms with Crippen molar-refractivity contribution in [2.24, 2.45) is 0 Å². The lowest BCUT2D eigenvalue weighted by molar-refractivity contribution is -0.130. The van der Waals surface area contributed by atoms with E-state index in [0.29, 0.717) is 19.0 Å². The van der Waals surface area contributed by atoms with Gasteiger partial charge in [-0.3, -0.25) is 9.59 Å². The van der Waals surface area contributed by atoms with E-state index in [1.165, 1.54) is 12.8 Å². The zero-order valence-corrected chi connectivity index (χ0v) is 9.95. The third-order valence-corrected chi connectivity index (χ3v) is 3.84. The third kappa shape index (κ3) is 2.44. The standard InChI is InChI=1S/C12H19N3O2/c16-11-4-3-9(14-11)7-15-6-5-10(12(15)17)13-8-1-2-8/h8-10,13H,1-7H2,(H,14,16). The Labute approximate surface area is 101 Å². The molecule has 0 aromatic rings. The van der Waals surface area contributed by atoms with Gasteiger partial charge in [-0.2, -0.15) is 0 Å². The van der Waals surface area contributed by atoms with Crippen molar-refractivity contribution in [3.05, 3.63) is 0 Å². The number of amides is 2. The Balaban J connectivity index is 1.50. The van der Waals surface area contributed by atoms with Gasteiger partial charge in [0.25, 0.3) is 0 Å². The molecular weight excluding hydrogens is 218 g/mol. The van der Waals surface area contributed by atoms with Crippen molar-refractivity contribution < 1.29 is 9.59 Å². The monoisotopic (exact) mass is 237 g/mol. The van der Waals surface area contributed by atoms with Crippen LogP contribution in [-0.4, -0.2) is 47.9 Å². The molecule has 2 aliphatic heterocycles. The summed E-state index contributed by atoms with van der Waals surface area (Å²) in [4.78, 5) is 25.1.